The lowest BCUT2D eigenvalue weighted by atomic mass is 10.1. The molecule has 0 amide bonds. The largest absolute Gasteiger partial charge is 0.481 e. The van der Waals surface area contributed by atoms with Gasteiger partial charge in [0, 0.05) is 18.8 Å². The highest BCUT2D eigenvalue weighted by Crippen LogP contribution is 2.33. The molecule has 1 atom stereocenters. The third-order valence-electron chi connectivity index (χ3n) is 4.76. The van der Waals surface area contributed by atoms with Crippen LogP contribution >= 0.6 is 0 Å². The number of hydrogen-bond acceptors (Lipinski definition) is 7. The maximum atomic E-state index is 9.26. The molecule has 0 radical (unpaired) electrons. The molecule has 3 aromatic heterocycles. The molecule has 1 fully saturated rings. The first-order chi connectivity index (χ1) is 13.6. The number of nitrogens with one attached hydrogen (secondary N) is 1. The Bertz CT molecular complexity index is 1050. The van der Waals surface area contributed by atoms with Crippen LogP contribution in [0.4, 0.5) is 5.69 Å². The van der Waals surface area contributed by atoms with Crippen molar-refractivity contribution in [1.82, 2.24) is 19.7 Å². The number of anilines is 1. The maximum absolute atomic E-state index is 9.26. The van der Waals surface area contributed by atoms with Gasteiger partial charge in [-0.05, 0) is 32.4 Å². The molecule has 8 nitrogen and oxygen atoms in total. The van der Waals surface area contributed by atoms with Gasteiger partial charge in [0.2, 0.25) is 5.88 Å². The monoisotopic (exact) mass is 378 g/mol. The number of ether oxygens (including phenoxy) is 2. The van der Waals surface area contributed by atoms with Crippen LogP contribution in [0.3, 0.4) is 0 Å². The van der Waals surface area contributed by atoms with Crippen LogP contribution < -0.4 is 10.1 Å². The average Bonchev–Trinajstić information content (AvgIpc) is 3.37. The summed E-state index contributed by atoms with van der Waals surface area (Å²) < 4.78 is 12.8. The molecule has 1 saturated heterocycles. The number of aromatic nitrogens is 4. The number of pyridine rings is 2. The summed E-state index contributed by atoms with van der Waals surface area (Å²) in [4.78, 5) is 9.03. The number of nitriles is 1. The number of rotatable bonds is 5. The molecule has 1 aliphatic rings. The van der Waals surface area contributed by atoms with Crippen LogP contribution in [0.2, 0.25) is 0 Å². The van der Waals surface area contributed by atoms with Crippen molar-refractivity contribution in [3.05, 3.63) is 30.1 Å². The van der Waals surface area contributed by atoms with E-state index in [9.17, 15) is 5.26 Å². The fourth-order valence-corrected chi connectivity index (χ4v) is 3.26. The molecule has 0 bridgehead atoms. The molecule has 0 unspecified atom stereocenters. The highest BCUT2D eigenvalue weighted by molar-refractivity contribution is 5.91. The molecule has 144 valence electrons. The Kier molecular flexibility index (Phi) is 4.84. The molecule has 1 aliphatic heterocycles. The van der Waals surface area contributed by atoms with E-state index in [0.717, 1.165) is 29.7 Å². The van der Waals surface area contributed by atoms with Gasteiger partial charge in [0.15, 0.2) is 0 Å². The summed E-state index contributed by atoms with van der Waals surface area (Å²) >= 11 is 0. The molecule has 1 N–H and O–H groups in total. The zero-order valence-electron chi connectivity index (χ0n) is 16.1. The van der Waals surface area contributed by atoms with Crippen LogP contribution in [-0.4, -0.2) is 46.1 Å². The van der Waals surface area contributed by atoms with Gasteiger partial charge in [-0.15, -0.1) is 0 Å². The Morgan fingerprint density at radius 1 is 1.39 bits per heavy atom. The van der Waals surface area contributed by atoms with Crippen molar-refractivity contribution in [2.24, 2.45) is 0 Å². The van der Waals surface area contributed by atoms with E-state index >= 15 is 0 Å². The minimum absolute atomic E-state index is 0.221. The third-order valence-corrected chi connectivity index (χ3v) is 4.76. The molecule has 4 rings (SSSR count). The molecular formula is C20H22N6O2. The highest BCUT2D eigenvalue weighted by atomic mass is 16.5. The molecule has 4 heterocycles. The minimum Gasteiger partial charge on any atom is -0.481 e. The Morgan fingerprint density at radius 3 is 2.93 bits per heavy atom. The van der Waals surface area contributed by atoms with Gasteiger partial charge in [-0.2, -0.15) is 10.4 Å². The van der Waals surface area contributed by atoms with Gasteiger partial charge in [-0.1, -0.05) is 0 Å². The Balaban J connectivity index is 1.88. The number of methoxy groups -OCH3 is 1. The molecule has 8 heteroatoms. The second-order valence-electron chi connectivity index (χ2n) is 7.09. The lowest BCUT2D eigenvalue weighted by Gasteiger charge is -2.14. The predicted octanol–water partition coefficient (Wildman–Crippen LogP) is 3.16. The molecule has 0 spiro atoms. The first-order valence-corrected chi connectivity index (χ1v) is 9.27. The summed E-state index contributed by atoms with van der Waals surface area (Å²) in [6.45, 7) is 5.57. The zero-order valence-corrected chi connectivity index (χ0v) is 16.1. The van der Waals surface area contributed by atoms with Crippen molar-refractivity contribution in [3.8, 4) is 23.2 Å². The smallest absolute Gasteiger partial charge is 0.222 e. The highest BCUT2D eigenvalue weighted by Gasteiger charge is 2.20. The SMILES string of the molecule is COc1ncc(C#N)cc1-c1cc(N[C@@H]2CCOC2)c2nn(C(C)C)cc2n1. The first-order valence-electron chi connectivity index (χ1n) is 9.27. The van der Waals surface area contributed by atoms with Crippen molar-refractivity contribution in [2.45, 2.75) is 32.4 Å². The van der Waals surface area contributed by atoms with E-state index in [4.69, 9.17) is 19.6 Å². The van der Waals surface area contributed by atoms with E-state index in [-0.39, 0.29) is 12.1 Å². The van der Waals surface area contributed by atoms with Gasteiger partial charge in [0.25, 0.3) is 0 Å². The fourth-order valence-electron chi connectivity index (χ4n) is 3.26. The number of fused-ring (bicyclic) bond motifs is 1. The van der Waals surface area contributed by atoms with Gasteiger partial charge in [0.1, 0.15) is 17.1 Å². The second-order valence-corrected chi connectivity index (χ2v) is 7.09. The predicted molar refractivity (Wildman–Crippen MR) is 105 cm³/mol. The van der Waals surface area contributed by atoms with E-state index in [1.807, 2.05) is 16.9 Å². The molecule has 0 aliphatic carbocycles. The van der Waals surface area contributed by atoms with Crippen molar-refractivity contribution in [1.29, 1.82) is 5.26 Å². The van der Waals surface area contributed by atoms with Gasteiger partial charge in [-0.25, -0.2) is 9.97 Å². The van der Waals surface area contributed by atoms with Crippen LogP contribution in [0.15, 0.2) is 24.5 Å². The lowest BCUT2D eigenvalue weighted by molar-refractivity contribution is 0.195. The van der Waals surface area contributed by atoms with E-state index in [0.29, 0.717) is 29.3 Å². The van der Waals surface area contributed by atoms with Crippen LogP contribution in [0.1, 0.15) is 31.9 Å². The fraction of sp³-hybridized carbons (Fsp3) is 0.400. The van der Waals surface area contributed by atoms with Crippen molar-refractivity contribution in [3.63, 3.8) is 0 Å². The quantitative estimate of drug-likeness (QED) is 0.728. The normalized spacial score (nSPS) is 16.5. The summed E-state index contributed by atoms with van der Waals surface area (Å²) in [6.07, 6.45) is 4.37. The van der Waals surface area contributed by atoms with Crippen molar-refractivity contribution in [2.75, 3.05) is 25.6 Å². The Labute approximate surface area is 163 Å². The molecule has 0 aromatic carbocycles. The van der Waals surface area contributed by atoms with Crippen LogP contribution in [0.5, 0.6) is 5.88 Å². The molecule has 28 heavy (non-hydrogen) atoms. The van der Waals surface area contributed by atoms with Crippen molar-refractivity contribution >= 4 is 16.7 Å². The molecule has 0 saturated carbocycles. The first kappa shape index (κ1) is 18.2. The summed E-state index contributed by atoms with van der Waals surface area (Å²) in [7, 11) is 1.56. The van der Waals surface area contributed by atoms with Gasteiger partial charge in [0.05, 0.1) is 48.5 Å². The van der Waals surface area contributed by atoms with E-state index in [2.05, 4.69) is 30.2 Å². The van der Waals surface area contributed by atoms with Crippen molar-refractivity contribution < 1.29 is 9.47 Å². The Hall–Kier alpha value is -3.18. The minimum atomic E-state index is 0.221. The van der Waals surface area contributed by atoms with E-state index in [1.165, 1.54) is 6.20 Å². The number of nitrogens with zero attached hydrogens (tertiary/aromatic N) is 5. The third kappa shape index (κ3) is 3.37. The van der Waals surface area contributed by atoms with Crippen LogP contribution in [-0.2, 0) is 4.74 Å². The van der Waals surface area contributed by atoms with Crippen LogP contribution in [0.25, 0.3) is 22.3 Å². The Morgan fingerprint density at radius 2 is 2.25 bits per heavy atom. The standard InChI is InChI=1S/C20H22N6O2/c1-12(2)26-10-18-19(25-26)17(23-14-4-5-28-11-14)7-16(24-18)15-6-13(8-21)9-22-20(15)27-3/h6-7,9-10,12,14,23H,4-5,11H2,1-3H3/t14-/m1/s1. The van der Waals surface area contributed by atoms with E-state index < -0.39 is 0 Å². The molecular weight excluding hydrogens is 356 g/mol. The molecule has 3 aromatic rings. The number of hydrogen-bond donors (Lipinski definition) is 1. The average molecular weight is 378 g/mol. The van der Waals surface area contributed by atoms with Gasteiger partial charge < -0.3 is 14.8 Å². The zero-order chi connectivity index (χ0) is 19.7. The van der Waals surface area contributed by atoms with E-state index in [1.54, 1.807) is 13.2 Å². The summed E-state index contributed by atoms with van der Waals surface area (Å²) in [5, 5.41) is 17.5. The summed E-state index contributed by atoms with van der Waals surface area (Å²) in [5.41, 5.74) is 4.28. The maximum Gasteiger partial charge on any atom is 0.222 e. The van der Waals surface area contributed by atoms with Crippen LogP contribution in [0, 0.1) is 11.3 Å². The topological polar surface area (TPSA) is 97.9 Å². The van der Waals surface area contributed by atoms with Gasteiger partial charge in [-0.3, -0.25) is 4.68 Å². The second kappa shape index (κ2) is 7.44. The summed E-state index contributed by atoms with van der Waals surface area (Å²) in [6, 6.07) is 6.26. The summed E-state index contributed by atoms with van der Waals surface area (Å²) in [5.74, 6) is 0.428. The van der Waals surface area contributed by atoms with Gasteiger partial charge >= 0.3 is 0 Å². The lowest BCUT2D eigenvalue weighted by Crippen LogP contribution is -2.19.